The molecule has 1 fully saturated rings. The Hall–Kier alpha value is -1.10. The van der Waals surface area contributed by atoms with Crippen LogP contribution in [0.2, 0.25) is 0 Å². The van der Waals surface area contributed by atoms with E-state index < -0.39 is 11.9 Å². The third-order valence-corrected chi connectivity index (χ3v) is 2.49. The molecule has 5 nitrogen and oxygen atoms in total. The van der Waals surface area contributed by atoms with Crippen LogP contribution in [0.5, 0.6) is 0 Å². The van der Waals surface area contributed by atoms with Crippen LogP contribution in [0.3, 0.4) is 0 Å². The van der Waals surface area contributed by atoms with Crippen molar-refractivity contribution in [1.82, 2.24) is 4.90 Å². The van der Waals surface area contributed by atoms with Gasteiger partial charge in [-0.1, -0.05) is 0 Å². The monoisotopic (exact) mass is 215 g/mol. The van der Waals surface area contributed by atoms with Crippen LogP contribution < -0.4 is 0 Å². The molecule has 0 aromatic rings. The molecule has 0 aliphatic carbocycles. The van der Waals surface area contributed by atoms with Gasteiger partial charge < -0.3 is 14.4 Å². The van der Waals surface area contributed by atoms with Gasteiger partial charge in [0.05, 0.1) is 13.7 Å². The molecular formula is C10H17NO4. The van der Waals surface area contributed by atoms with E-state index in [0.29, 0.717) is 19.1 Å². The lowest BCUT2D eigenvalue weighted by atomic mass is 10.0. The van der Waals surface area contributed by atoms with Crippen molar-refractivity contribution in [2.24, 2.45) is 5.92 Å². The van der Waals surface area contributed by atoms with Gasteiger partial charge in [0.15, 0.2) is 0 Å². The van der Waals surface area contributed by atoms with Crippen LogP contribution in [0.4, 0.5) is 0 Å². The third kappa shape index (κ3) is 3.51. The number of nitrogens with zero attached hydrogens (tertiary/aromatic N) is 1. The van der Waals surface area contributed by atoms with Gasteiger partial charge in [0.25, 0.3) is 0 Å². The highest BCUT2D eigenvalue weighted by molar-refractivity contribution is 6.32. The number of ether oxygens (including phenoxy) is 2. The van der Waals surface area contributed by atoms with E-state index in [1.54, 1.807) is 7.05 Å². The average Bonchev–Trinajstić information content (AvgIpc) is 2.28. The molecule has 0 saturated carbocycles. The Morgan fingerprint density at radius 3 is 2.80 bits per heavy atom. The second-order valence-corrected chi connectivity index (χ2v) is 3.76. The van der Waals surface area contributed by atoms with E-state index in [1.165, 1.54) is 12.0 Å². The predicted octanol–water partition coefficient (Wildman–Crippen LogP) is 0.0444. The van der Waals surface area contributed by atoms with Gasteiger partial charge in [-0.3, -0.25) is 4.79 Å². The van der Waals surface area contributed by atoms with Crippen molar-refractivity contribution < 1.29 is 19.1 Å². The smallest absolute Gasteiger partial charge is 0.396 e. The Kier molecular flexibility index (Phi) is 4.55. The highest BCUT2D eigenvalue weighted by Gasteiger charge is 2.23. The van der Waals surface area contributed by atoms with Crippen LogP contribution in [0, 0.1) is 5.92 Å². The van der Waals surface area contributed by atoms with Crippen LogP contribution >= 0.6 is 0 Å². The SMILES string of the molecule is COC(=O)C(=O)N(C)CC1CCCOC1. The Labute approximate surface area is 89.3 Å². The summed E-state index contributed by atoms with van der Waals surface area (Å²) in [6.45, 7) is 2.01. The topological polar surface area (TPSA) is 55.8 Å². The minimum atomic E-state index is -0.811. The van der Waals surface area contributed by atoms with Gasteiger partial charge in [-0.05, 0) is 18.8 Å². The molecule has 1 rings (SSSR count). The Bertz CT molecular complexity index is 236. The van der Waals surface area contributed by atoms with E-state index in [4.69, 9.17) is 4.74 Å². The zero-order valence-electron chi connectivity index (χ0n) is 9.19. The highest BCUT2D eigenvalue weighted by Crippen LogP contribution is 2.14. The first-order valence-electron chi connectivity index (χ1n) is 5.06. The van der Waals surface area contributed by atoms with Crippen molar-refractivity contribution in [1.29, 1.82) is 0 Å². The average molecular weight is 215 g/mol. The van der Waals surface area contributed by atoms with E-state index >= 15 is 0 Å². The van der Waals surface area contributed by atoms with Gasteiger partial charge in [0, 0.05) is 20.2 Å². The maximum atomic E-state index is 11.4. The zero-order chi connectivity index (χ0) is 11.3. The van der Waals surface area contributed by atoms with Gasteiger partial charge in [0.1, 0.15) is 0 Å². The van der Waals surface area contributed by atoms with E-state index in [0.717, 1.165) is 19.4 Å². The van der Waals surface area contributed by atoms with E-state index in [-0.39, 0.29) is 0 Å². The lowest BCUT2D eigenvalue weighted by molar-refractivity contribution is -0.158. The molecule has 1 heterocycles. The number of esters is 1. The second-order valence-electron chi connectivity index (χ2n) is 3.76. The molecule has 1 aliphatic heterocycles. The first-order chi connectivity index (χ1) is 7.15. The van der Waals surface area contributed by atoms with Gasteiger partial charge >= 0.3 is 11.9 Å². The minimum Gasteiger partial charge on any atom is -0.462 e. The number of carbonyl (C=O) groups excluding carboxylic acids is 2. The van der Waals surface area contributed by atoms with Gasteiger partial charge in [0.2, 0.25) is 0 Å². The Morgan fingerprint density at radius 2 is 2.27 bits per heavy atom. The summed E-state index contributed by atoms with van der Waals surface area (Å²) in [5, 5.41) is 0. The molecule has 5 heteroatoms. The molecule has 1 amide bonds. The summed E-state index contributed by atoms with van der Waals surface area (Å²) in [7, 11) is 2.81. The van der Waals surface area contributed by atoms with Crippen molar-refractivity contribution in [3.8, 4) is 0 Å². The first-order valence-corrected chi connectivity index (χ1v) is 5.06. The lowest BCUT2D eigenvalue weighted by Gasteiger charge is -2.26. The Morgan fingerprint density at radius 1 is 1.53 bits per heavy atom. The summed E-state index contributed by atoms with van der Waals surface area (Å²) in [6, 6.07) is 0. The summed E-state index contributed by atoms with van der Waals surface area (Å²) in [5.74, 6) is -1.07. The van der Waals surface area contributed by atoms with Crippen LogP contribution in [0.15, 0.2) is 0 Å². The van der Waals surface area contributed by atoms with Gasteiger partial charge in [-0.25, -0.2) is 4.79 Å². The summed E-state index contributed by atoms with van der Waals surface area (Å²) >= 11 is 0. The van der Waals surface area contributed by atoms with Crippen molar-refractivity contribution in [3.05, 3.63) is 0 Å². The highest BCUT2D eigenvalue weighted by atomic mass is 16.5. The molecule has 1 aliphatic rings. The van der Waals surface area contributed by atoms with Crippen LogP contribution in [0.25, 0.3) is 0 Å². The summed E-state index contributed by atoms with van der Waals surface area (Å²) in [6.07, 6.45) is 2.06. The van der Waals surface area contributed by atoms with Crippen molar-refractivity contribution >= 4 is 11.9 Å². The molecule has 0 N–H and O–H groups in total. The molecule has 86 valence electrons. The quantitative estimate of drug-likeness (QED) is 0.482. The van der Waals surface area contributed by atoms with E-state index in [9.17, 15) is 9.59 Å². The molecule has 0 aromatic heterocycles. The standard InChI is InChI=1S/C10H17NO4/c1-11(9(12)10(13)14-2)6-8-4-3-5-15-7-8/h8H,3-7H2,1-2H3. The fourth-order valence-corrected chi connectivity index (χ4v) is 1.66. The second kappa shape index (κ2) is 5.70. The number of hydrogen-bond donors (Lipinski definition) is 0. The molecule has 1 unspecified atom stereocenters. The normalized spacial score (nSPS) is 20.8. The summed E-state index contributed by atoms with van der Waals surface area (Å²) in [5.41, 5.74) is 0. The van der Waals surface area contributed by atoms with E-state index in [2.05, 4.69) is 4.74 Å². The molecule has 0 bridgehead atoms. The Balaban J connectivity index is 2.36. The molecule has 0 radical (unpaired) electrons. The van der Waals surface area contributed by atoms with Crippen LogP contribution in [0.1, 0.15) is 12.8 Å². The molecule has 15 heavy (non-hydrogen) atoms. The third-order valence-electron chi connectivity index (χ3n) is 2.49. The number of carbonyl (C=O) groups is 2. The number of amides is 1. The van der Waals surface area contributed by atoms with E-state index in [1.807, 2.05) is 0 Å². The predicted molar refractivity (Wildman–Crippen MR) is 53.2 cm³/mol. The summed E-state index contributed by atoms with van der Waals surface area (Å²) in [4.78, 5) is 23.7. The fraction of sp³-hybridized carbons (Fsp3) is 0.800. The fourth-order valence-electron chi connectivity index (χ4n) is 1.66. The van der Waals surface area contributed by atoms with Gasteiger partial charge in [-0.15, -0.1) is 0 Å². The largest absolute Gasteiger partial charge is 0.462 e. The molecule has 1 saturated heterocycles. The van der Waals surface area contributed by atoms with Crippen molar-refractivity contribution in [2.75, 3.05) is 33.9 Å². The minimum absolute atomic E-state index is 0.331. The first kappa shape index (κ1) is 12.0. The van der Waals surface area contributed by atoms with Crippen LogP contribution in [-0.4, -0.2) is 50.7 Å². The molecule has 1 atom stereocenters. The summed E-state index contributed by atoms with van der Waals surface area (Å²) < 4.78 is 9.66. The molecular weight excluding hydrogens is 198 g/mol. The van der Waals surface area contributed by atoms with Crippen molar-refractivity contribution in [2.45, 2.75) is 12.8 Å². The number of likely N-dealkylation sites (N-methyl/N-ethyl adjacent to an activating group) is 1. The maximum Gasteiger partial charge on any atom is 0.396 e. The zero-order valence-corrected chi connectivity index (χ0v) is 9.19. The molecule has 0 aromatic carbocycles. The van der Waals surface area contributed by atoms with Crippen LogP contribution in [-0.2, 0) is 19.1 Å². The van der Waals surface area contributed by atoms with Crippen molar-refractivity contribution in [3.63, 3.8) is 0 Å². The molecule has 0 spiro atoms. The number of methoxy groups -OCH3 is 1. The number of rotatable bonds is 2. The van der Waals surface area contributed by atoms with Gasteiger partial charge in [-0.2, -0.15) is 0 Å². The number of hydrogen-bond acceptors (Lipinski definition) is 4. The maximum absolute atomic E-state index is 11.4. The lowest BCUT2D eigenvalue weighted by Crippen LogP contribution is -2.39.